The van der Waals surface area contributed by atoms with Crippen LogP contribution in [0.5, 0.6) is 5.75 Å². The number of non-ortho nitro benzene ring substituents is 1. The first-order valence-corrected chi connectivity index (χ1v) is 13.6. The second-order valence-corrected chi connectivity index (χ2v) is 11.2. The van der Waals surface area contributed by atoms with E-state index in [1.165, 1.54) is 20.1 Å². The molecule has 0 saturated heterocycles. The molecule has 14 heteroatoms. The Hall–Kier alpha value is -3.09. The second-order valence-electron chi connectivity index (χ2n) is 8.44. The van der Waals surface area contributed by atoms with E-state index >= 15 is 0 Å². The number of benzene rings is 2. The largest absolute Gasteiger partial charge is 0.495 e. The zero-order valence-corrected chi connectivity index (χ0v) is 23.2. The van der Waals surface area contributed by atoms with E-state index < -0.39 is 45.0 Å². The smallest absolute Gasteiger partial charge is 0.271 e. The fraction of sp³-hybridized carbons (Fsp3) is 0.391. The van der Waals surface area contributed by atoms with Crippen LogP contribution >= 0.6 is 23.2 Å². The quantitative estimate of drug-likeness (QED) is 0.319. The monoisotopic (exact) mass is 574 g/mol. The first-order valence-electron chi connectivity index (χ1n) is 11.0. The number of carbonyl (C=O) groups is 2. The Balaban J connectivity index is 2.57. The summed E-state index contributed by atoms with van der Waals surface area (Å²) in [5.41, 5.74) is -0.244. The fourth-order valence-electron chi connectivity index (χ4n) is 3.42. The Bertz CT molecular complexity index is 1270. The molecule has 1 N–H and O–H groups in total. The molecular formula is C23H28Cl2N4O7S. The molecule has 2 aromatic carbocycles. The van der Waals surface area contributed by atoms with E-state index in [0.29, 0.717) is 9.87 Å². The molecule has 11 nitrogen and oxygen atoms in total. The van der Waals surface area contributed by atoms with E-state index in [1.807, 2.05) is 0 Å². The van der Waals surface area contributed by atoms with Crippen LogP contribution in [0.25, 0.3) is 0 Å². The van der Waals surface area contributed by atoms with Gasteiger partial charge in [-0.25, -0.2) is 8.42 Å². The van der Waals surface area contributed by atoms with Crippen molar-refractivity contribution in [3.8, 4) is 5.75 Å². The van der Waals surface area contributed by atoms with Crippen LogP contribution in [-0.4, -0.2) is 62.0 Å². The van der Waals surface area contributed by atoms with Gasteiger partial charge in [-0.05, 0) is 39.0 Å². The molecule has 0 aliphatic heterocycles. The summed E-state index contributed by atoms with van der Waals surface area (Å²) in [6.07, 6.45) is 0.850. The molecule has 2 aromatic rings. The van der Waals surface area contributed by atoms with Gasteiger partial charge in [0.25, 0.3) is 5.69 Å². The van der Waals surface area contributed by atoms with Gasteiger partial charge in [-0.1, -0.05) is 29.3 Å². The minimum absolute atomic E-state index is 0.00452. The normalized spacial score (nSPS) is 12.1. The Morgan fingerprint density at radius 2 is 1.73 bits per heavy atom. The van der Waals surface area contributed by atoms with Gasteiger partial charge in [-0.2, -0.15) is 0 Å². The standard InChI is InChI=1S/C23H28Cl2N4O7S/c1-14(2)26-23(31)15(3)27(12-17-18(24)7-6-8-19(17)25)22(30)13-28(37(5,34)35)20-11-16(29(32)33)9-10-21(20)36-4/h6-11,14-15H,12-13H2,1-5H3,(H,26,31)/t15-/m1/s1. The number of nitrogens with one attached hydrogen (secondary N) is 1. The number of nitro groups is 1. The van der Waals surface area contributed by atoms with E-state index in [0.717, 1.165) is 23.3 Å². The maximum absolute atomic E-state index is 13.6. The van der Waals surface area contributed by atoms with Crippen molar-refractivity contribution in [3.63, 3.8) is 0 Å². The number of sulfonamides is 1. The molecule has 202 valence electrons. The summed E-state index contributed by atoms with van der Waals surface area (Å²) in [5.74, 6) is -1.26. The maximum Gasteiger partial charge on any atom is 0.271 e. The summed E-state index contributed by atoms with van der Waals surface area (Å²) >= 11 is 12.6. The van der Waals surface area contributed by atoms with Crippen molar-refractivity contribution >= 4 is 56.4 Å². The number of hydrogen-bond donors (Lipinski definition) is 1. The Morgan fingerprint density at radius 3 is 2.22 bits per heavy atom. The van der Waals surface area contributed by atoms with Crippen LogP contribution in [0.15, 0.2) is 36.4 Å². The molecular weight excluding hydrogens is 547 g/mol. The number of nitro benzene ring substituents is 1. The number of amides is 2. The lowest BCUT2D eigenvalue weighted by atomic mass is 10.1. The van der Waals surface area contributed by atoms with E-state index in [9.17, 15) is 28.1 Å². The number of carbonyl (C=O) groups excluding carboxylic acids is 2. The first-order chi connectivity index (χ1) is 17.2. The molecule has 0 unspecified atom stereocenters. The Kier molecular flexibility index (Phi) is 10.1. The predicted molar refractivity (Wildman–Crippen MR) is 142 cm³/mol. The number of anilines is 1. The summed E-state index contributed by atoms with van der Waals surface area (Å²) in [7, 11) is -2.88. The van der Waals surface area contributed by atoms with Gasteiger partial charge in [-0.15, -0.1) is 0 Å². The van der Waals surface area contributed by atoms with E-state index in [1.54, 1.807) is 32.0 Å². The van der Waals surface area contributed by atoms with E-state index in [4.69, 9.17) is 27.9 Å². The molecule has 0 aliphatic carbocycles. The van der Waals surface area contributed by atoms with Crippen LogP contribution in [-0.2, 0) is 26.2 Å². The third-order valence-corrected chi connectivity index (χ3v) is 7.14. The Morgan fingerprint density at radius 1 is 1.14 bits per heavy atom. The zero-order valence-electron chi connectivity index (χ0n) is 20.9. The number of nitrogens with zero attached hydrogens (tertiary/aromatic N) is 3. The number of hydrogen-bond acceptors (Lipinski definition) is 7. The lowest BCUT2D eigenvalue weighted by molar-refractivity contribution is -0.384. The summed E-state index contributed by atoms with van der Waals surface area (Å²) in [6, 6.07) is 6.87. The highest BCUT2D eigenvalue weighted by Gasteiger charge is 2.32. The van der Waals surface area contributed by atoms with Crippen molar-refractivity contribution in [2.75, 3.05) is 24.2 Å². The van der Waals surface area contributed by atoms with Gasteiger partial charge in [0, 0.05) is 40.3 Å². The van der Waals surface area contributed by atoms with Crippen molar-refractivity contribution in [1.29, 1.82) is 0 Å². The average Bonchev–Trinajstić information content (AvgIpc) is 2.80. The number of ether oxygens (including phenoxy) is 1. The molecule has 0 aromatic heterocycles. The summed E-state index contributed by atoms with van der Waals surface area (Å²) < 4.78 is 31.4. The van der Waals surface area contributed by atoms with Gasteiger partial charge < -0.3 is 15.0 Å². The van der Waals surface area contributed by atoms with Gasteiger partial charge in [0.15, 0.2) is 0 Å². The zero-order chi connectivity index (χ0) is 28.1. The molecule has 2 amide bonds. The topological polar surface area (TPSA) is 139 Å². The lowest BCUT2D eigenvalue weighted by Crippen LogP contribution is -2.52. The fourth-order valence-corrected chi connectivity index (χ4v) is 4.78. The SMILES string of the molecule is COc1ccc([N+](=O)[O-])cc1N(CC(=O)N(Cc1c(Cl)cccc1Cl)[C@H](C)C(=O)NC(C)C)S(C)(=O)=O. The summed E-state index contributed by atoms with van der Waals surface area (Å²) in [6.45, 7) is 4.01. The highest BCUT2D eigenvalue weighted by atomic mass is 35.5. The van der Waals surface area contributed by atoms with Crippen LogP contribution in [0.4, 0.5) is 11.4 Å². The molecule has 1 atom stereocenters. The van der Waals surface area contributed by atoms with Crippen LogP contribution in [0.2, 0.25) is 10.0 Å². The van der Waals surface area contributed by atoms with Crippen molar-refractivity contribution in [3.05, 3.63) is 62.1 Å². The van der Waals surface area contributed by atoms with Crippen LogP contribution in [0, 0.1) is 10.1 Å². The molecule has 0 saturated carbocycles. The molecule has 0 radical (unpaired) electrons. The third-order valence-electron chi connectivity index (χ3n) is 5.31. The van der Waals surface area contributed by atoms with Crippen molar-refractivity contribution < 1.29 is 27.7 Å². The lowest BCUT2D eigenvalue weighted by Gasteiger charge is -2.32. The highest BCUT2D eigenvalue weighted by molar-refractivity contribution is 7.92. The van der Waals surface area contributed by atoms with E-state index in [2.05, 4.69) is 5.32 Å². The van der Waals surface area contributed by atoms with Gasteiger partial charge in [0.05, 0.1) is 18.3 Å². The molecule has 0 bridgehead atoms. The molecule has 0 fully saturated rings. The predicted octanol–water partition coefficient (Wildman–Crippen LogP) is 3.62. The van der Waals surface area contributed by atoms with Crippen LogP contribution in [0.1, 0.15) is 26.3 Å². The number of methoxy groups -OCH3 is 1. The average molecular weight is 575 g/mol. The molecule has 0 aliphatic rings. The first kappa shape index (κ1) is 30.1. The second kappa shape index (κ2) is 12.4. The highest BCUT2D eigenvalue weighted by Crippen LogP contribution is 2.34. The van der Waals surface area contributed by atoms with Crippen molar-refractivity contribution in [2.45, 2.75) is 39.4 Å². The van der Waals surface area contributed by atoms with Crippen molar-refractivity contribution in [2.24, 2.45) is 0 Å². The van der Waals surface area contributed by atoms with Gasteiger partial charge in [-0.3, -0.25) is 24.0 Å². The van der Waals surface area contributed by atoms with Crippen molar-refractivity contribution in [1.82, 2.24) is 10.2 Å². The van der Waals surface area contributed by atoms with Gasteiger partial charge >= 0.3 is 0 Å². The molecule has 37 heavy (non-hydrogen) atoms. The summed E-state index contributed by atoms with van der Waals surface area (Å²) in [5, 5.41) is 14.6. The number of halogens is 2. The third kappa shape index (κ3) is 7.70. The minimum atomic E-state index is -4.15. The maximum atomic E-state index is 13.6. The van der Waals surface area contributed by atoms with E-state index in [-0.39, 0.29) is 34.1 Å². The van der Waals surface area contributed by atoms with Crippen LogP contribution < -0.4 is 14.4 Å². The molecule has 0 heterocycles. The van der Waals surface area contributed by atoms with Gasteiger partial charge in [0.2, 0.25) is 21.8 Å². The minimum Gasteiger partial charge on any atom is -0.495 e. The number of rotatable bonds is 11. The molecule has 2 rings (SSSR count). The van der Waals surface area contributed by atoms with Gasteiger partial charge in [0.1, 0.15) is 24.0 Å². The molecule has 0 spiro atoms. The Labute approximate surface area is 225 Å². The summed E-state index contributed by atoms with van der Waals surface area (Å²) in [4.78, 5) is 38.2. The van der Waals surface area contributed by atoms with Crippen LogP contribution in [0.3, 0.4) is 0 Å².